The van der Waals surface area contributed by atoms with Crippen molar-refractivity contribution in [3.8, 4) is 11.7 Å². The van der Waals surface area contributed by atoms with Gasteiger partial charge in [0.15, 0.2) is 5.82 Å². The van der Waals surface area contributed by atoms with Gasteiger partial charge in [0.05, 0.1) is 0 Å². The van der Waals surface area contributed by atoms with E-state index in [2.05, 4.69) is 15.3 Å². The summed E-state index contributed by atoms with van der Waals surface area (Å²) in [5.41, 5.74) is 0. The number of carbonyl (C=O) groups is 3. The predicted octanol–water partition coefficient (Wildman–Crippen LogP) is 0.181. The minimum atomic E-state index is -0.270. The molecule has 28 heavy (non-hydrogen) atoms. The van der Waals surface area contributed by atoms with Crippen molar-refractivity contribution >= 4 is 17.7 Å². The van der Waals surface area contributed by atoms with Gasteiger partial charge in [0, 0.05) is 57.2 Å². The number of imide groups is 1. The van der Waals surface area contributed by atoms with Crippen molar-refractivity contribution in [1.82, 2.24) is 29.8 Å². The zero-order chi connectivity index (χ0) is 19.5. The third-order valence-corrected chi connectivity index (χ3v) is 4.90. The van der Waals surface area contributed by atoms with E-state index >= 15 is 0 Å². The van der Waals surface area contributed by atoms with Gasteiger partial charge in [0.2, 0.25) is 23.6 Å². The topological polar surface area (TPSA) is 111 Å². The lowest BCUT2D eigenvalue weighted by Crippen LogP contribution is -2.47. The molecular formula is C18H20N6O4. The first-order valence-electron chi connectivity index (χ1n) is 9.21. The number of piperidine rings is 1. The summed E-state index contributed by atoms with van der Waals surface area (Å²) in [6.45, 7) is 0.862. The summed E-state index contributed by atoms with van der Waals surface area (Å²) in [7, 11) is 0. The Hall–Kier alpha value is -3.30. The maximum absolute atomic E-state index is 12.4. The average Bonchev–Trinajstić information content (AvgIpc) is 3.35. The maximum Gasteiger partial charge on any atom is 0.242 e. The highest BCUT2D eigenvalue weighted by molar-refractivity contribution is 6.04. The van der Waals surface area contributed by atoms with E-state index in [9.17, 15) is 14.4 Å². The molecule has 2 aromatic heterocycles. The third kappa shape index (κ3) is 3.85. The van der Waals surface area contributed by atoms with Gasteiger partial charge in [0.25, 0.3) is 0 Å². The average molecular weight is 384 g/mol. The second-order valence-electron chi connectivity index (χ2n) is 6.75. The van der Waals surface area contributed by atoms with E-state index in [1.165, 1.54) is 0 Å². The van der Waals surface area contributed by atoms with Gasteiger partial charge in [-0.3, -0.25) is 19.3 Å². The molecule has 10 heteroatoms. The summed E-state index contributed by atoms with van der Waals surface area (Å²) in [6.07, 6.45) is 5.07. The van der Waals surface area contributed by atoms with Crippen LogP contribution < -0.4 is 4.74 Å². The minimum absolute atomic E-state index is 0.0658. The number of ether oxygens (including phenoxy) is 1. The van der Waals surface area contributed by atoms with Gasteiger partial charge in [-0.25, -0.2) is 4.68 Å². The number of likely N-dealkylation sites (tertiary alicyclic amines) is 2. The van der Waals surface area contributed by atoms with Gasteiger partial charge in [-0.05, 0) is 12.1 Å². The van der Waals surface area contributed by atoms with Crippen molar-refractivity contribution in [3.05, 3.63) is 30.6 Å². The molecule has 4 heterocycles. The van der Waals surface area contributed by atoms with E-state index in [4.69, 9.17) is 4.74 Å². The summed E-state index contributed by atoms with van der Waals surface area (Å²) in [6, 6.07) is 5.32. The van der Waals surface area contributed by atoms with Gasteiger partial charge >= 0.3 is 0 Å². The lowest BCUT2D eigenvalue weighted by atomic mass is 10.1. The Morgan fingerprint density at radius 1 is 1.11 bits per heavy atom. The highest BCUT2D eigenvalue weighted by Crippen LogP contribution is 2.18. The Bertz CT molecular complexity index is 843. The van der Waals surface area contributed by atoms with Crippen LogP contribution >= 0.6 is 0 Å². The monoisotopic (exact) mass is 384 g/mol. The van der Waals surface area contributed by atoms with Crippen molar-refractivity contribution in [1.29, 1.82) is 0 Å². The third-order valence-electron chi connectivity index (χ3n) is 4.90. The van der Waals surface area contributed by atoms with Gasteiger partial charge < -0.3 is 9.64 Å². The highest BCUT2D eigenvalue weighted by Gasteiger charge is 2.33. The molecule has 4 rings (SSSR count). The summed E-state index contributed by atoms with van der Waals surface area (Å²) in [5, 5.41) is 12.3. The van der Waals surface area contributed by atoms with Gasteiger partial charge in [-0.2, -0.15) is 5.10 Å². The molecule has 0 radical (unpaired) electrons. The molecule has 0 unspecified atom stereocenters. The van der Waals surface area contributed by atoms with Crippen LogP contribution in [0.25, 0.3) is 5.82 Å². The van der Waals surface area contributed by atoms with Crippen LogP contribution in [-0.2, 0) is 14.4 Å². The molecule has 3 amide bonds. The molecule has 0 spiro atoms. The second kappa shape index (κ2) is 7.75. The van der Waals surface area contributed by atoms with Gasteiger partial charge in [-0.15, -0.1) is 10.2 Å². The van der Waals surface area contributed by atoms with Crippen LogP contribution in [0.15, 0.2) is 30.6 Å². The van der Waals surface area contributed by atoms with E-state index in [1.54, 1.807) is 40.2 Å². The van der Waals surface area contributed by atoms with Crippen LogP contribution in [0.1, 0.15) is 25.7 Å². The lowest BCUT2D eigenvalue weighted by Gasteiger charge is -2.32. The fourth-order valence-corrected chi connectivity index (χ4v) is 3.33. The molecule has 0 bridgehead atoms. The van der Waals surface area contributed by atoms with E-state index in [1.807, 2.05) is 0 Å². The van der Waals surface area contributed by atoms with Crippen molar-refractivity contribution in [2.75, 3.05) is 19.6 Å². The fraction of sp³-hybridized carbons (Fsp3) is 0.444. The summed E-state index contributed by atoms with van der Waals surface area (Å²) in [4.78, 5) is 38.4. The second-order valence-corrected chi connectivity index (χ2v) is 6.75. The van der Waals surface area contributed by atoms with Crippen LogP contribution in [0, 0.1) is 0 Å². The quantitative estimate of drug-likeness (QED) is 0.676. The summed E-state index contributed by atoms with van der Waals surface area (Å²) in [5.74, 6) is 0.283. The molecule has 2 aromatic rings. The SMILES string of the molecule is O=C(CN1C(=O)CCC1=O)N1CCC(Oc2ccc(-n3cccn3)nn2)CC1. The molecule has 0 aromatic carbocycles. The van der Waals surface area contributed by atoms with Crippen molar-refractivity contribution in [3.63, 3.8) is 0 Å². The van der Waals surface area contributed by atoms with Crippen LogP contribution in [0.4, 0.5) is 0 Å². The number of rotatable bonds is 5. The smallest absolute Gasteiger partial charge is 0.242 e. The Kier molecular flexibility index (Phi) is 5.00. The normalized spacial score (nSPS) is 18.0. The highest BCUT2D eigenvalue weighted by atomic mass is 16.5. The van der Waals surface area contributed by atoms with E-state index in [0.29, 0.717) is 37.6 Å². The molecule has 146 valence electrons. The largest absolute Gasteiger partial charge is 0.473 e. The molecular weight excluding hydrogens is 364 g/mol. The number of nitrogens with zero attached hydrogens (tertiary/aromatic N) is 6. The molecule has 0 N–H and O–H groups in total. The predicted molar refractivity (Wildman–Crippen MR) is 95.3 cm³/mol. The molecule has 0 atom stereocenters. The first-order chi connectivity index (χ1) is 13.6. The Balaban J connectivity index is 1.26. The molecule has 2 aliphatic rings. The first-order valence-corrected chi connectivity index (χ1v) is 9.21. The maximum atomic E-state index is 12.4. The van der Waals surface area contributed by atoms with Gasteiger partial charge in [-0.1, -0.05) is 0 Å². The van der Waals surface area contributed by atoms with E-state index in [-0.39, 0.29) is 43.2 Å². The number of carbonyl (C=O) groups excluding carboxylic acids is 3. The number of hydrogen-bond donors (Lipinski definition) is 0. The zero-order valence-corrected chi connectivity index (χ0v) is 15.2. The molecule has 2 aliphatic heterocycles. The lowest BCUT2D eigenvalue weighted by molar-refractivity contribution is -0.146. The Morgan fingerprint density at radius 2 is 1.86 bits per heavy atom. The molecule has 0 aliphatic carbocycles. The van der Waals surface area contributed by atoms with Crippen molar-refractivity contribution in [2.45, 2.75) is 31.8 Å². The van der Waals surface area contributed by atoms with Crippen LogP contribution in [0.5, 0.6) is 5.88 Å². The first kappa shape index (κ1) is 18.1. The van der Waals surface area contributed by atoms with Gasteiger partial charge in [0.1, 0.15) is 12.6 Å². The Labute approximate surface area is 161 Å². The number of aromatic nitrogens is 4. The Morgan fingerprint density at radius 3 is 2.46 bits per heavy atom. The molecule has 0 saturated carbocycles. The fourth-order valence-electron chi connectivity index (χ4n) is 3.33. The van der Waals surface area contributed by atoms with E-state index < -0.39 is 0 Å². The number of amides is 3. The molecule has 2 fully saturated rings. The van der Waals surface area contributed by atoms with Crippen LogP contribution in [-0.4, -0.2) is 73.2 Å². The molecule has 10 nitrogen and oxygen atoms in total. The standard InChI is InChI=1S/C18H20N6O4/c25-16-4-5-17(26)23(16)12-18(27)22-10-6-13(7-11-22)28-15-3-2-14(20-21-15)24-9-1-8-19-24/h1-3,8-9,13H,4-7,10-12H2. The van der Waals surface area contributed by atoms with Crippen LogP contribution in [0.2, 0.25) is 0 Å². The summed E-state index contributed by atoms with van der Waals surface area (Å²) < 4.78 is 7.47. The number of hydrogen-bond acceptors (Lipinski definition) is 7. The summed E-state index contributed by atoms with van der Waals surface area (Å²) >= 11 is 0. The van der Waals surface area contributed by atoms with E-state index in [0.717, 1.165) is 4.90 Å². The minimum Gasteiger partial charge on any atom is -0.473 e. The van der Waals surface area contributed by atoms with Crippen LogP contribution in [0.3, 0.4) is 0 Å². The zero-order valence-electron chi connectivity index (χ0n) is 15.2. The van der Waals surface area contributed by atoms with Crippen molar-refractivity contribution in [2.24, 2.45) is 0 Å². The van der Waals surface area contributed by atoms with Crippen molar-refractivity contribution < 1.29 is 19.1 Å². The molecule has 2 saturated heterocycles.